The maximum absolute atomic E-state index is 6.10. The minimum Gasteiger partial charge on any atom is -0.382 e. The van der Waals surface area contributed by atoms with Gasteiger partial charge in [0, 0.05) is 26.8 Å². The largest absolute Gasteiger partial charge is 0.382 e. The zero-order chi connectivity index (χ0) is 17.6. The molecule has 0 saturated heterocycles. The summed E-state index contributed by atoms with van der Waals surface area (Å²) in [5.41, 5.74) is 1.45. The van der Waals surface area contributed by atoms with Gasteiger partial charge in [0.1, 0.15) is 0 Å². The van der Waals surface area contributed by atoms with Gasteiger partial charge in [0.25, 0.3) is 0 Å². The molecule has 2 N–H and O–H groups in total. The average molecular weight is 372 g/mol. The number of benzene rings is 1. The van der Waals surface area contributed by atoms with Gasteiger partial charge in [-0.05, 0) is 56.2 Å². The molecule has 1 saturated carbocycles. The van der Waals surface area contributed by atoms with Crippen molar-refractivity contribution in [3.8, 4) is 0 Å². The number of halogens is 2. The van der Waals surface area contributed by atoms with E-state index in [0.29, 0.717) is 15.5 Å². The summed E-state index contributed by atoms with van der Waals surface area (Å²) < 4.78 is 5.49. The minimum absolute atomic E-state index is 0.0875. The van der Waals surface area contributed by atoms with Gasteiger partial charge in [-0.3, -0.25) is 4.99 Å². The highest BCUT2D eigenvalue weighted by atomic mass is 35.5. The van der Waals surface area contributed by atoms with Crippen molar-refractivity contribution in [3.05, 3.63) is 33.8 Å². The lowest BCUT2D eigenvalue weighted by molar-refractivity contribution is 0.128. The highest BCUT2D eigenvalue weighted by Gasteiger charge is 2.41. The Morgan fingerprint density at radius 1 is 1.33 bits per heavy atom. The molecule has 24 heavy (non-hydrogen) atoms. The summed E-state index contributed by atoms with van der Waals surface area (Å²) >= 11 is 12.1. The molecule has 2 rings (SSSR count). The van der Waals surface area contributed by atoms with Crippen molar-refractivity contribution < 1.29 is 4.74 Å². The molecule has 0 spiro atoms. The Kier molecular flexibility index (Phi) is 7.20. The van der Waals surface area contributed by atoms with E-state index in [4.69, 9.17) is 27.9 Å². The highest BCUT2D eigenvalue weighted by Crippen LogP contribution is 2.48. The van der Waals surface area contributed by atoms with Crippen LogP contribution in [0.1, 0.15) is 44.7 Å². The van der Waals surface area contributed by atoms with Crippen LogP contribution in [-0.4, -0.2) is 32.8 Å². The van der Waals surface area contributed by atoms with Crippen molar-refractivity contribution >= 4 is 29.2 Å². The number of ether oxygens (including phenoxy) is 1. The first kappa shape index (κ1) is 19.4. The lowest BCUT2D eigenvalue weighted by Crippen LogP contribution is -2.41. The Balaban J connectivity index is 1.84. The fourth-order valence-electron chi connectivity index (χ4n) is 2.66. The second-order valence-corrected chi connectivity index (χ2v) is 7.23. The van der Waals surface area contributed by atoms with E-state index in [2.05, 4.69) is 22.5 Å². The van der Waals surface area contributed by atoms with Crippen LogP contribution >= 0.6 is 23.2 Å². The molecule has 1 atom stereocenters. The Bertz CT molecular complexity index is 573. The molecular formula is C18H27Cl2N3O. The summed E-state index contributed by atoms with van der Waals surface area (Å²) in [6.07, 6.45) is 3.62. The Morgan fingerprint density at radius 3 is 2.67 bits per heavy atom. The number of rotatable bonds is 8. The van der Waals surface area contributed by atoms with Gasteiger partial charge in [0.15, 0.2) is 5.96 Å². The SMILES string of the molecule is CCOCCC1(CNC(=NC)NC(C)c2ccc(Cl)c(Cl)c2)CC1. The Morgan fingerprint density at radius 2 is 2.08 bits per heavy atom. The second-order valence-electron chi connectivity index (χ2n) is 6.41. The van der Waals surface area contributed by atoms with Gasteiger partial charge < -0.3 is 15.4 Å². The van der Waals surface area contributed by atoms with Crippen LogP contribution < -0.4 is 10.6 Å². The predicted molar refractivity (Wildman–Crippen MR) is 102 cm³/mol. The van der Waals surface area contributed by atoms with E-state index in [1.165, 1.54) is 12.8 Å². The third kappa shape index (κ3) is 5.54. The molecule has 6 heteroatoms. The summed E-state index contributed by atoms with van der Waals surface area (Å²) in [5.74, 6) is 0.802. The van der Waals surface area contributed by atoms with Crippen molar-refractivity contribution in [3.63, 3.8) is 0 Å². The first-order valence-electron chi connectivity index (χ1n) is 8.49. The molecule has 1 aliphatic rings. The normalized spacial score (nSPS) is 17.5. The number of nitrogens with one attached hydrogen (secondary N) is 2. The van der Waals surface area contributed by atoms with Gasteiger partial charge in [-0.2, -0.15) is 0 Å². The molecule has 1 fully saturated rings. The maximum Gasteiger partial charge on any atom is 0.191 e. The van der Waals surface area contributed by atoms with E-state index in [1.807, 2.05) is 25.1 Å². The lowest BCUT2D eigenvalue weighted by atomic mass is 10.0. The summed E-state index contributed by atoms with van der Waals surface area (Å²) in [7, 11) is 1.79. The lowest BCUT2D eigenvalue weighted by Gasteiger charge is -2.21. The minimum atomic E-state index is 0.0875. The van der Waals surface area contributed by atoms with Crippen molar-refractivity contribution in [1.82, 2.24) is 10.6 Å². The maximum atomic E-state index is 6.10. The molecule has 1 aliphatic carbocycles. The van der Waals surface area contributed by atoms with Crippen LogP contribution in [0.4, 0.5) is 0 Å². The van der Waals surface area contributed by atoms with E-state index >= 15 is 0 Å². The summed E-state index contributed by atoms with van der Waals surface area (Å²) in [4.78, 5) is 4.32. The molecule has 0 amide bonds. The number of aliphatic imine (C=N–C) groups is 1. The van der Waals surface area contributed by atoms with Crippen LogP contribution in [0.15, 0.2) is 23.2 Å². The highest BCUT2D eigenvalue weighted by molar-refractivity contribution is 6.42. The molecule has 0 bridgehead atoms. The number of nitrogens with zero attached hydrogens (tertiary/aromatic N) is 1. The molecule has 1 aromatic carbocycles. The van der Waals surface area contributed by atoms with E-state index in [1.54, 1.807) is 7.05 Å². The van der Waals surface area contributed by atoms with Gasteiger partial charge in [-0.25, -0.2) is 0 Å². The second kappa shape index (κ2) is 8.93. The smallest absolute Gasteiger partial charge is 0.191 e. The molecule has 1 unspecified atom stereocenters. The van der Waals surface area contributed by atoms with E-state index in [-0.39, 0.29) is 6.04 Å². The third-order valence-corrected chi connectivity index (χ3v) is 5.33. The van der Waals surface area contributed by atoms with Crippen molar-refractivity contribution in [2.75, 3.05) is 26.8 Å². The molecule has 0 aromatic heterocycles. The predicted octanol–water partition coefficient (Wildman–Crippen LogP) is 4.43. The van der Waals surface area contributed by atoms with Gasteiger partial charge in [-0.15, -0.1) is 0 Å². The first-order chi connectivity index (χ1) is 11.5. The van der Waals surface area contributed by atoms with Crippen LogP contribution in [-0.2, 0) is 4.74 Å². The Hall–Kier alpha value is -0.970. The monoisotopic (exact) mass is 371 g/mol. The number of guanidine groups is 1. The molecule has 0 heterocycles. The van der Waals surface area contributed by atoms with Gasteiger partial charge >= 0.3 is 0 Å². The van der Waals surface area contributed by atoms with Crippen molar-refractivity contribution in [2.24, 2.45) is 10.4 Å². The average Bonchev–Trinajstić information content (AvgIpc) is 3.34. The first-order valence-corrected chi connectivity index (χ1v) is 9.25. The molecule has 0 aliphatic heterocycles. The fraction of sp³-hybridized carbons (Fsp3) is 0.611. The quantitative estimate of drug-likeness (QED) is 0.403. The standard InChI is InChI=1S/C18H27Cl2N3O/c1-4-24-10-9-18(7-8-18)12-22-17(21-3)23-13(2)14-5-6-15(19)16(20)11-14/h5-6,11,13H,4,7-10,12H2,1-3H3,(H2,21,22,23). The van der Waals surface area contributed by atoms with Gasteiger partial charge in [-0.1, -0.05) is 29.3 Å². The van der Waals surface area contributed by atoms with Crippen LogP contribution in [0, 0.1) is 5.41 Å². The van der Waals surface area contributed by atoms with Crippen LogP contribution in [0.5, 0.6) is 0 Å². The molecule has 1 aromatic rings. The van der Waals surface area contributed by atoms with Crippen molar-refractivity contribution in [1.29, 1.82) is 0 Å². The van der Waals surface area contributed by atoms with Gasteiger partial charge in [0.05, 0.1) is 16.1 Å². The van der Waals surface area contributed by atoms with E-state index in [0.717, 1.165) is 37.7 Å². The molecular weight excluding hydrogens is 345 g/mol. The van der Waals surface area contributed by atoms with Crippen LogP contribution in [0.25, 0.3) is 0 Å². The van der Waals surface area contributed by atoms with Crippen LogP contribution in [0.3, 0.4) is 0 Å². The van der Waals surface area contributed by atoms with Gasteiger partial charge in [0.2, 0.25) is 0 Å². The zero-order valence-electron chi connectivity index (χ0n) is 14.7. The molecule has 134 valence electrons. The summed E-state index contributed by atoms with van der Waals surface area (Å²) in [6, 6.07) is 5.77. The number of hydrogen-bond acceptors (Lipinski definition) is 2. The fourth-order valence-corrected chi connectivity index (χ4v) is 2.97. The molecule has 4 nitrogen and oxygen atoms in total. The van der Waals surface area contributed by atoms with Crippen molar-refractivity contribution in [2.45, 2.75) is 39.2 Å². The number of hydrogen-bond donors (Lipinski definition) is 2. The van der Waals surface area contributed by atoms with E-state index < -0.39 is 0 Å². The zero-order valence-corrected chi connectivity index (χ0v) is 16.2. The summed E-state index contributed by atoms with van der Waals surface area (Å²) in [6.45, 7) is 6.66. The molecule has 0 radical (unpaired) electrons. The van der Waals surface area contributed by atoms with E-state index in [9.17, 15) is 0 Å². The van der Waals surface area contributed by atoms with Crippen LogP contribution in [0.2, 0.25) is 10.0 Å². The third-order valence-electron chi connectivity index (χ3n) is 4.59. The summed E-state index contributed by atoms with van der Waals surface area (Å²) in [5, 5.41) is 7.99. The Labute approximate surface area is 155 Å². The topological polar surface area (TPSA) is 45.6 Å².